The van der Waals surface area contributed by atoms with Gasteiger partial charge in [0.2, 0.25) is 0 Å². The molecule has 1 aromatic carbocycles. The van der Waals surface area contributed by atoms with Gasteiger partial charge in [-0.2, -0.15) is 0 Å². The molecule has 0 bridgehead atoms. The lowest BCUT2D eigenvalue weighted by atomic mass is 10.0. The molecule has 1 aliphatic rings. The van der Waals surface area contributed by atoms with E-state index in [1.54, 1.807) is 20.0 Å². The van der Waals surface area contributed by atoms with Crippen molar-refractivity contribution < 1.29 is 24.2 Å². The van der Waals surface area contributed by atoms with E-state index in [2.05, 4.69) is 27.8 Å². The van der Waals surface area contributed by atoms with E-state index in [4.69, 9.17) is 9.47 Å². The van der Waals surface area contributed by atoms with Crippen LogP contribution >= 0.6 is 0 Å². The fourth-order valence-electron chi connectivity index (χ4n) is 4.46. The second kappa shape index (κ2) is 11.3. The molecule has 1 amide bonds. The normalized spacial score (nSPS) is 16.5. The fraction of sp³-hybridized carbons (Fsp3) is 0.464. The van der Waals surface area contributed by atoms with Gasteiger partial charge in [-0.05, 0) is 58.1 Å². The topological polar surface area (TPSA) is 115 Å². The van der Waals surface area contributed by atoms with Gasteiger partial charge in [0.25, 0.3) is 5.91 Å². The fourth-order valence-corrected chi connectivity index (χ4v) is 4.46. The predicted molar refractivity (Wildman–Crippen MR) is 143 cm³/mol. The summed E-state index contributed by atoms with van der Waals surface area (Å²) in [5.41, 5.74) is 2.06. The Morgan fingerprint density at radius 3 is 2.70 bits per heavy atom. The van der Waals surface area contributed by atoms with Crippen LogP contribution in [0.4, 0.5) is 11.4 Å². The van der Waals surface area contributed by atoms with Crippen molar-refractivity contribution in [1.29, 1.82) is 0 Å². The molecule has 1 aliphatic heterocycles. The third-order valence-corrected chi connectivity index (χ3v) is 6.88. The summed E-state index contributed by atoms with van der Waals surface area (Å²) in [7, 11) is 1.32. The van der Waals surface area contributed by atoms with Crippen LogP contribution in [0.25, 0.3) is 11.0 Å². The molecule has 0 saturated carbocycles. The number of ether oxygens (including phenoxy) is 2. The van der Waals surface area contributed by atoms with Crippen molar-refractivity contribution in [2.24, 2.45) is 0 Å². The van der Waals surface area contributed by atoms with E-state index in [9.17, 15) is 14.7 Å². The Morgan fingerprint density at radius 2 is 2.05 bits per heavy atom. The third kappa shape index (κ3) is 6.11. The molecular formula is C28H36N4O5. The summed E-state index contributed by atoms with van der Waals surface area (Å²) >= 11 is 0. The molecule has 198 valence electrons. The van der Waals surface area contributed by atoms with Crippen LogP contribution in [0, 0.1) is 0 Å². The number of fused-ring (bicyclic) bond motifs is 1. The maximum Gasteiger partial charge on any atom is 0.356 e. The summed E-state index contributed by atoms with van der Waals surface area (Å²) in [6.07, 6.45) is 4.13. The highest BCUT2D eigenvalue weighted by Crippen LogP contribution is 2.34. The highest BCUT2D eigenvalue weighted by molar-refractivity contribution is 6.12. The van der Waals surface area contributed by atoms with Gasteiger partial charge in [-0.15, -0.1) is 0 Å². The standard InChI is InChI=1S/C28H36N4O5/c1-18(28(2,3)35)30-20-16-21-23(31-26(33)22-13-9-15-37-22)24(27(34)36-4)32(25(21)29-17-20)14-8-12-19-10-6-5-7-11-19/h5-7,10-11,16-18,22,30,35H,8-9,12-15H2,1-4H3,(H,31,33)/t18-,22+/m1/s1. The van der Waals surface area contributed by atoms with Crippen LogP contribution in [0.2, 0.25) is 0 Å². The maximum atomic E-state index is 13.1. The van der Waals surface area contributed by atoms with Crippen molar-refractivity contribution in [2.75, 3.05) is 24.4 Å². The van der Waals surface area contributed by atoms with E-state index in [0.29, 0.717) is 42.0 Å². The quantitative estimate of drug-likeness (QED) is 0.353. The van der Waals surface area contributed by atoms with Gasteiger partial charge >= 0.3 is 5.97 Å². The van der Waals surface area contributed by atoms with Gasteiger partial charge in [-0.25, -0.2) is 9.78 Å². The van der Waals surface area contributed by atoms with Crippen LogP contribution < -0.4 is 10.6 Å². The van der Waals surface area contributed by atoms with Crippen molar-refractivity contribution in [3.8, 4) is 0 Å². The number of esters is 1. The van der Waals surface area contributed by atoms with E-state index in [1.165, 1.54) is 12.7 Å². The van der Waals surface area contributed by atoms with E-state index >= 15 is 0 Å². The molecule has 0 aliphatic carbocycles. The summed E-state index contributed by atoms with van der Waals surface area (Å²) in [5.74, 6) is -0.853. The first kappa shape index (κ1) is 26.6. The van der Waals surface area contributed by atoms with Crippen LogP contribution in [0.1, 0.15) is 56.1 Å². The summed E-state index contributed by atoms with van der Waals surface area (Å²) in [4.78, 5) is 30.8. The van der Waals surface area contributed by atoms with Gasteiger partial charge in [0.15, 0.2) is 5.69 Å². The van der Waals surface area contributed by atoms with Crippen molar-refractivity contribution in [2.45, 2.75) is 70.7 Å². The van der Waals surface area contributed by atoms with Crippen LogP contribution in [0.5, 0.6) is 0 Å². The monoisotopic (exact) mass is 508 g/mol. The molecule has 3 N–H and O–H groups in total. The minimum atomic E-state index is -0.966. The minimum Gasteiger partial charge on any atom is -0.464 e. The number of nitrogens with zero attached hydrogens (tertiary/aromatic N) is 2. The maximum absolute atomic E-state index is 13.1. The number of anilines is 2. The highest BCUT2D eigenvalue weighted by atomic mass is 16.5. The lowest BCUT2D eigenvalue weighted by Crippen LogP contribution is -2.39. The van der Waals surface area contributed by atoms with Gasteiger partial charge in [0.05, 0.1) is 36.3 Å². The lowest BCUT2D eigenvalue weighted by molar-refractivity contribution is -0.124. The SMILES string of the molecule is COC(=O)c1c(NC(=O)[C@@H]2CCCO2)c2cc(N[C@H](C)C(C)(C)O)cnc2n1CCCc1ccccc1. The smallest absolute Gasteiger partial charge is 0.356 e. The lowest BCUT2D eigenvalue weighted by Gasteiger charge is -2.27. The molecule has 1 fully saturated rings. The summed E-state index contributed by atoms with van der Waals surface area (Å²) < 4.78 is 12.5. The van der Waals surface area contributed by atoms with Crippen LogP contribution in [0.3, 0.4) is 0 Å². The van der Waals surface area contributed by atoms with Gasteiger partial charge < -0.3 is 29.8 Å². The number of nitrogens with one attached hydrogen (secondary N) is 2. The molecule has 0 spiro atoms. The zero-order valence-corrected chi connectivity index (χ0v) is 21.9. The summed E-state index contributed by atoms with van der Waals surface area (Å²) in [6, 6.07) is 11.7. The minimum absolute atomic E-state index is 0.247. The number of pyridine rings is 1. The molecule has 0 unspecified atom stereocenters. The van der Waals surface area contributed by atoms with Gasteiger partial charge in [-0.1, -0.05) is 30.3 Å². The average Bonchev–Trinajstić information content (AvgIpc) is 3.51. The van der Waals surface area contributed by atoms with Crippen molar-refractivity contribution in [1.82, 2.24) is 9.55 Å². The van der Waals surface area contributed by atoms with Crippen LogP contribution in [-0.4, -0.2) is 58.0 Å². The third-order valence-electron chi connectivity index (χ3n) is 6.88. The molecule has 37 heavy (non-hydrogen) atoms. The first-order valence-corrected chi connectivity index (χ1v) is 12.7. The van der Waals surface area contributed by atoms with Crippen molar-refractivity contribution >= 4 is 34.3 Å². The number of rotatable bonds is 10. The van der Waals surface area contributed by atoms with Crippen molar-refractivity contribution in [3.05, 3.63) is 53.9 Å². The molecule has 2 aromatic heterocycles. The molecule has 2 atom stereocenters. The predicted octanol–water partition coefficient (Wildman–Crippen LogP) is 4.14. The number of carbonyl (C=O) groups is 2. The number of aliphatic hydroxyl groups is 1. The Morgan fingerprint density at radius 1 is 1.30 bits per heavy atom. The largest absolute Gasteiger partial charge is 0.464 e. The van der Waals surface area contributed by atoms with Crippen molar-refractivity contribution in [3.63, 3.8) is 0 Å². The number of benzene rings is 1. The van der Waals surface area contributed by atoms with Gasteiger partial charge in [0, 0.05) is 18.5 Å². The number of aryl methyl sites for hydroxylation is 2. The van der Waals surface area contributed by atoms with Gasteiger partial charge in [-0.3, -0.25) is 4.79 Å². The zero-order chi connectivity index (χ0) is 26.6. The zero-order valence-electron chi connectivity index (χ0n) is 21.9. The summed E-state index contributed by atoms with van der Waals surface area (Å²) in [5, 5.41) is 17.2. The second-order valence-corrected chi connectivity index (χ2v) is 10.1. The van der Waals surface area contributed by atoms with E-state index in [-0.39, 0.29) is 17.6 Å². The van der Waals surface area contributed by atoms with E-state index in [1.807, 2.05) is 35.8 Å². The van der Waals surface area contributed by atoms with Gasteiger partial charge in [0.1, 0.15) is 11.8 Å². The second-order valence-electron chi connectivity index (χ2n) is 10.1. The van der Waals surface area contributed by atoms with E-state index in [0.717, 1.165) is 19.3 Å². The average molecular weight is 509 g/mol. The molecule has 3 aromatic rings. The molecular weight excluding hydrogens is 472 g/mol. The number of hydrogen-bond acceptors (Lipinski definition) is 7. The number of hydrogen-bond donors (Lipinski definition) is 3. The highest BCUT2D eigenvalue weighted by Gasteiger charge is 2.30. The Balaban J connectivity index is 1.75. The number of methoxy groups -OCH3 is 1. The number of aromatic nitrogens is 2. The summed E-state index contributed by atoms with van der Waals surface area (Å²) in [6.45, 7) is 6.36. The molecule has 9 nitrogen and oxygen atoms in total. The number of amides is 1. The molecule has 1 saturated heterocycles. The Kier molecular flexibility index (Phi) is 8.14. The Hall–Kier alpha value is -3.43. The molecule has 4 rings (SSSR count). The molecule has 3 heterocycles. The first-order valence-electron chi connectivity index (χ1n) is 12.7. The molecule has 0 radical (unpaired) electrons. The number of carbonyl (C=O) groups excluding carboxylic acids is 2. The first-order chi connectivity index (χ1) is 17.7. The van der Waals surface area contributed by atoms with E-state index < -0.39 is 17.7 Å². The Bertz CT molecular complexity index is 1240. The molecule has 9 heteroatoms. The van der Waals surface area contributed by atoms with Crippen LogP contribution in [-0.2, 0) is 27.2 Å². The Labute approximate surface area is 217 Å². The van der Waals surface area contributed by atoms with Crippen LogP contribution in [0.15, 0.2) is 42.6 Å².